The zero-order chi connectivity index (χ0) is 27.3. The lowest BCUT2D eigenvalue weighted by Crippen LogP contribution is -2.58. The van der Waals surface area contributed by atoms with Crippen molar-refractivity contribution in [1.29, 1.82) is 0 Å². The Bertz CT molecular complexity index is 1340. The normalized spacial score (nSPS) is 18.7. The van der Waals surface area contributed by atoms with Crippen LogP contribution in [0.25, 0.3) is 16.9 Å². The molecule has 0 atom stereocenters. The molecule has 5 nitrogen and oxygen atoms in total. The molecule has 1 aliphatic heterocycles. The van der Waals surface area contributed by atoms with Gasteiger partial charge >= 0.3 is 0 Å². The zero-order valence-electron chi connectivity index (χ0n) is 20.5. The lowest BCUT2D eigenvalue weighted by Gasteiger charge is -2.36. The first-order valence-corrected chi connectivity index (χ1v) is 10.9. The fourth-order valence-corrected chi connectivity index (χ4v) is 4.27. The SMILES string of the molecule is Cl.[2H]C([2H])([2H])c1c(C(=O)NN2CC(F)(F)CC(F)(F)C2)nn(-c2ccc(Cl)cc2Cl)c1-c1ccc(Cl)cc1. The number of benzene rings is 2. The highest BCUT2D eigenvalue weighted by Gasteiger charge is 2.50. The van der Waals surface area contributed by atoms with Gasteiger partial charge in [-0.2, -0.15) is 5.10 Å². The summed E-state index contributed by atoms with van der Waals surface area (Å²) in [5.74, 6) is -8.84. The average molecular weight is 575 g/mol. The molecule has 1 fully saturated rings. The molecule has 1 aliphatic rings. The Morgan fingerprint density at radius 2 is 1.63 bits per heavy atom. The first-order valence-electron chi connectivity index (χ1n) is 11.2. The number of carbonyl (C=O) groups is 1. The third kappa shape index (κ3) is 6.03. The Morgan fingerprint density at radius 3 is 2.20 bits per heavy atom. The fourth-order valence-electron chi connectivity index (χ4n) is 3.66. The van der Waals surface area contributed by atoms with Crippen LogP contribution in [0, 0.1) is 6.85 Å². The minimum atomic E-state index is -3.79. The largest absolute Gasteiger partial charge is 0.286 e. The van der Waals surface area contributed by atoms with Gasteiger partial charge in [0.05, 0.1) is 35.9 Å². The van der Waals surface area contributed by atoms with Crippen molar-refractivity contribution in [3.63, 3.8) is 0 Å². The molecular formula is C22H18Cl4F4N4O. The average Bonchev–Trinajstić information content (AvgIpc) is 3.13. The minimum absolute atomic E-state index is 0. The van der Waals surface area contributed by atoms with E-state index in [-0.39, 0.29) is 39.4 Å². The highest BCUT2D eigenvalue weighted by atomic mass is 35.5. The van der Waals surface area contributed by atoms with Crippen LogP contribution in [0.5, 0.6) is 0 Å². The van der Waals surface area contributed by atoms with Crippen LogP contribution in [-0.4, -0.2) is 45.6 Å². The number of hydrogen-bond donors (Lipinski definition) is 1. The van der Waals surface area contributed by atoms with E-state index < -0.39 is 55.4 Å². The van der Waals surface area contributed by atoms with Crippen molar-refractivity contribution in [2.45, 2.75) is 25.1 Å². The van der Waals surface area contributed by atoms with Crippen LogP contribution >= 0.6 is 47.2 Å². The topological polar surface area (TPSA) is 50.2 Å². The summed E-state index contributed by atoms with van der Waals surface area (Å²) in [4.78, 5) is 13.2. The molecule has 3 aromatic rings. The minimum Gasteiger partial charge on any atom is -0.283 e. The highest BCUT2D eigenvalue weighted by molar-refractivity contribution is 6.35. The maximum atomic E-state index is 13.9. The van der Waals surface area contributed by atoms with Gasteiger partial charge in [0.1, 0.15) is 0 Å². The van der Waals surface area contributed by atoms with Crippen LogP contribution in [0.1, 0.15) is 26.6 Å². The van der Waals surface area contributed by atoms with Crippen LogP contribution in [0.15, 0.2) is 42.5 Å². The molecule has 2 heterocycles. The number of hydrazine groups is 1. The number of rotatable bonds is 4. The molecule has 1 N–H and O–H groups in total. The molecule has 0 spiro atoms. The third-order valence-corrected chi connectivity index (χ3v) is 5.77. The van der Waals surface area contributed by atoms with Crippen LogP contribution in [0.3, 0.4) is 0 Å². The summed E-state index contributed by atoms with van der Waals surface area (Å²) in [6.07, 6.45) is -1.67. The van der Waals surface area contributed by atoms with E-state index in [1.165, 1.54) is 42.5 Å². The predicted octanol–water partition coefficient (Wildman–Crippen LogP) is 6.85. The molecule has 0 saturated carbocycles. The van der Waals surface area contributed by atoms with Gasteiger partial charge in [-0.25, -0.2) is 27.3 Å². The molecule has 35 heavy (non-hydrogen) atoms. The Morgan fingerprint density at radius 1 is 1.03 bits per heavy atom. The molecule has 1 amide bonds. The molecule has 13 heteroatoms. The molecule has 0 unspecified atom stereocenters. The van der Waals surface area contributed by atoms with Gasteiger partial charge in [-0.05, 0) is 37.2 Å². The monoisotopic (exact) mass is 573 g/mol. The number of halogens is 8. The summed E-state index contributed by atoms with van der Waals surface area (Å²) in [5, 5.41) is 5.19. The van der Waals surface area contributed by atoms with Crippen LogP contribution in [0.4, 0.5) is 17.6 Å². The van der Waals surface area contributed by atoms with Crippen LogP contribution in [-0.2, 0) is 0 Å². The standard InChI is InChI=1S/C22H17Cl3F4N4O.ClH/c1-12-18(20(34)31-32-10-21(26,27)9-22(28,29)11-32)30-33(17-7-6-15(24)8-16(17)25)19(12)13-2-4-14(23)5-3-13;/h2-8H,9-11H2,1H3,(H,31,34);1H/i1D3;. The molecular weight excluding hydrogens is 554 g/mol. The quantitative estimate of drug-likeness (QED) is 0.347. The summed E-state index contributed by atoms with van der Waals surface area (Å²) in [6.45, 7) is -5.33. The highest BCUT2D eigenvalue weighted by Crippen LogP contribution is 2.36. The Hall–Kier alpha value is -2.04. The smallest absolute Gasteiger partial charge is 0.283 e. The van der Waals surface area contributed by atoms with E-state index in [2.05, 4.69) is 5.10 Å². The maximum Gasteiger partial charge on any atom is 0.286 e. The second-order valence-corrected chi connectivity index (χ2v) is 9.05. The first-order chi connectivity index (χ1) is 17.1. The van der Waals surface area contributed by atoms with E-state index in [0.717, 1.165) is 4.68 Å². The van der Waals surface area contributed by atoms with Crippen molar-refractivity contribution in [2.24, 2.45) is 0 Å². The number of nitrogens with one attached hydrogen (secondary N) is 1. The van der Waals surface area contributed by atoms with Crippen molar-refractivity contribution in [2.75, 3.05) is 13.1 Å². The van der Waals surface area contributed by atoms with Crippen molar-refractivity contribution in [3.05, 3.63) is 68.8 Å². The van der Waals surface area contributed by atoms with E-state index >= 15 is 0 Å². The van der Waals surface area contributed by atoms with Crippen LogP contribution in [0.2, 0.25) is 15.1 Å². The zero-order valence-corrected chi connectivity index (χ0v) is 20.6. The van der Waals surface area contributed by atoms with Crippen molar-refractivity contribution in [3.8, 4) is 16.9 Å². The Kier molecular flexibility index (Phi) is 6.77. The molecule has 188 valence electrons. The van der Waals surface area contributed by atoms with Gasteiger partial charge in [0.2, 0.25) is 0 Å². The van der Waals surface area contributed by atoms with Crippen molar-refractivity contribution in [1.82, 2.24) is 20.2 Å². The molecule has 1 saturated heterocycles. The van der Waals surface area contributed by atoms with Crippen LogP contribution < -0.4 is 5.43 Å². The van der Waals surface area contributed by atoms with Gasteiger partial charge in [-0.15, -0.1) is 12.4 Å². The predicted molar refractivity (Wildman–Crippen MR) is 130 cm³/mol. The van der Waals surface area contributed by atoms with Gasteiger partial charge in [-0.1, -0.05) is 46.9 Å². The molecule has 0 bridgehead atoms. The Labute approximate surface area is 223 Å². The number of amides is 1. The number of hydrogen-bond acceptors (Lipinski definition) is 3. The molecule has 2 aromatic carbocycles. The van der Waals surface area contributed by atoms with Gasteiger partial charge in [-0.3, -0.25) is 10.2 Å². The number of carbonyl (C=O) groups excluding carboxylic acids is 1. The summed E-state index contributed by atoms with van der Waals surface area (Å²) in [6, 6.07) is 10.2. The summed E-state index contributed by atoms with van der Waals surface area (Å²) in [7, 11) is 0. The number of piperidine rings is 1. The molecule has 1 aromatic heterocycles. The number of alkyl halides is 4. The van der Waals surface area contributed by atoms with Crippen molar-refractivity contribution >= 4 is 53.1 Å². The van der Waals surface area contributed by atoms with E-state index in [1.54, 1.807) is 0 Å². The second-order valence-electron chi connectivity index (χ2n) is 7.77. The summed E-state index contributed by atoms with van der Waals surface area (Å²) >= 11 is 18.3. The second kappa shape index (κ2) is 10.1. The summed E-state index contributed by atoms with van der Waals surface area (Å²) < 4.78 is 80.9. The maximum absolute atomic E-state index is 13.9. The lowest BCUT2D eigenvalue weighted by atomic mass is 10.1. The van der Waals surface area contributed by atoms with Gasteiger partial charge < -0.3 is 0 Å². The molecule has 0 radical (unpaired) electrons. The number of nitrogens with zero attached hydrogens (tertiary/aromatic N) is 3. The van der Waals surface area contributed by atoms with Crippen molar-refractivity contribution < 1.29 is 26.5 Å². The number of aromatic nitrogens is 2. The molecule has 0 aliphatic carbocycles. The van der Waals surface area contributed by atoms with Gasteiger partial charge in [0.25, 0.3) is 17.8 Å². The first kappa shape index (κ1) is 23.4. The van der Waals surface area contributed by atoms with E-state index in [1.807, 2.05) is 5.43 Å². The van der Waals surface area contributed by atoms with Gasteiger partial charge in [0, 0.05) is 25.3 Å². The van der Waals surface area contributed by atoms with E-state index in [9.17, 15) is 22.4 Å². The molecule has 4 rings (SSSR count). The van der Waals surface area contributed by atoms with Gasteiger partial charge in [0.15, 0.2) is 5.69 Å². The fraction of sp³-hybridized carbons (Fsp3) is 0.273. The van der Waals surface area contributed by atoms with E-state index in [4.69, 9.17) is 38.9 Å². The third-order valence-electron chi connectivity index (χ3n) is 4.98. The Balaban J connectivity index is 0.00000400. The van der Waals surface area contributed by atoms with E-state index in [0.29, 0.717) is 10.0 Å². The lowest BCUT2D eigenvalue weighted by molar-refractivity contribution is -0.178. The summed E-state index contributed by atoms with van der Waals surface area (Å²) in [5.41, 5.74) is 1.10.